The van der Waals surface area contributed by atoms with Crippen LogP contribution in [0.5, 0.6) is 0 Å². The topological polar surface area (TPSA) is 153 Å². The number of fused-ring (bicyclic) bond motifs is 6. The number of nitrogens with zero attached hydrogens (tertiary/aromatic N) is 8. The van der Waals surface area contributed by atoms with E-state index in [4.69, 9.17) is 0 Å². The Hall–Kier alpha value is -11.3. The third-order valence-corrected chi connectivity index (χ3v) is 14.0. The predicted molar refractivity (Wildman–Crippen MR) is 291 cm³/mol. The third kappa shape index (κ3) is 7.10. The van der Waals surface area contributed by atoms with Crippen molar-refractivity contribution in [1.29, 1.82) is 31.6 Å². The summed E-state index contributed by atoms with van der Waals surface area (Å²) >= 11 is 0. The largest absolute Gasteiger partial charge is 0.308 e. The summed E-state index contributed by atoms with van der Waals surface area (Å²) < 4.78 is 4.20. The van der Waals surface area contributed by atoms with Crippen molar-refractivity contribution in [2.45, 2.75) is 0 Å². The van der Waals surface area contributed by atoms with Gasteiger partial charge in [-0.25, -0.2) is 0 Å². The highest BCUT2D eigenvalue weighted by Crippen LogP contribution is 2.42. The molecule has 2 heterocycles. The van der Waals surface area contributed by atoms with Crippen LogP contribution in [-0.4, -0.2) is 9.13 Å². The maximum absolute atomic E-state index is 10.9. The number of hydrogen-bond acceptors (Lipinski definition) is 6. The molecule has 0 unspecified atom stereocenters. The summed E-state index contributed by atoms with van der Waals surface area (Å²) in [5.41, 5.74) is 15.5. The van der Waals surface area contributed by atoms with E-state index >= 15 is 0 Å². The first-order chi connectivity index (χ1) is 36.4. The van der Waals surface area contributed by atoms with Crippen LogP contribution >= 0.6 is 0 Å². The Balaban J connectivity index is 1.11. The maximum Gasteiger partial charge on any atom is 0.101 e. The second-order valence-electron chi connectivity index (χ2n) is 17.9. The van der Waals surface area contributed by atoms with E-state index in [1.54, 1.807) is 24.3 Å². The number of rotatable bonds is 7. The molecule has 8 heteroatoms. The minimum absolute atomic E-state index is 0.421. The van der Waals surface area contributed by atoms with E-state index in [-0.39, 0.29) is 0 Å². The van der Waals surface area contributed by atoms with Gasteiger partial charge in [-0.3, -0.25) is 0 Å². The van der Waals surface area contributed by atoms with Crippen molar-refractivity contribution in [3.63, 3.8) is 0 Å². The average Bonchev–Trinajstić information content (AvgIpc) is 3.97. The summed E-state index contributed by atoms with van der Waals surface area (Å²) in [5.74, 6) is 0. The van der Waals surface area contributed by atoms with Gasteiger partial charge in [0, 0.05) is 21.5 Å². The molecular weight excluding hydrogens is 905 g/mol. The van der Waals surface area contributed by atoms with E-state index in [2.05, 4.69) is 94.1 Å². The third-order valence-electron chi connectivity index (χ3n) is 14.0. The van der Waals surface area contributed by atoms with Gasteiger partial charge in [0.05, 0.1) is 91.1 Å². The fourth-order valence-corrected chi connectivity index (χ4v) is 10.5. The number of benzene rings is 10. The van der Waals surface area contributed by atoms with Gasteiger partial charge in [-0.05, 0) is 128 Å². The first-order valence-electron chi connectivity index (χ1n) is 23.7. The molecule has 0 aliphatic carbocycles. The van der Waals surface area contributed by atoms with Crippen LogP contribution in [0.2, 0.25) is 0 Å². The SMILES string of the molecule is N#Cc1ccccc1-c1ccc2c3ccc(-c4ccccc4C#N)cc3n(-c3cc(-c4ccc(C#N)c(-n5c6cc(-c7ccccc7C#N)ccc6c6ccc(-c7ccccc7C#N)cc65)c4)ccc3C#N)c2c1. The normalized spacial score (nSPS) is 10.9. The van der Waals surface area contributed by atoms with E-state index < -0.39 is 0 Å². The van der Waals surface area contributed by atoms with Gasteiger partial charge < -0.3 is 9.13 Å². The Morgan fingerprint density at radius 3 is 0.730 bits per heavy atom. The summed E-state index contributed by atoms with van der Waals surface area (Å²) in [6, 6.07) is 80.4. The van der Waals surface area contributed by atoms with Crippen molar-refractivity contribution in [3.05, 3.63) is 240 Å². The second-order valence-corrected chi connectivity index (χ2v) is 17.9. The Morgan fingerprint density at radius 2 is 0.473 bits per heavy atom. The zero-order valence-electron chi connectivity index (χ0n) is 39.2. The average molecular weight is 939 g/mol. The Labute approximate surface area is 425 Å². The summed E-state index contributed by atoms with van der Waals surface area (Å²) in [5, 5.41) is 66.2. The fraction of sp³-hybridized carbons (Fsp3) is 0. The van der Waals surface area contributed by atoms with Crippen molar-refractivity contribution < 1.29 is 0 Å². The van der Waals surface area contributed by atoms with Gasteiger partial charge in [0.2, 0.25) is 0 Å². The molecule has 12 rings (SSSR count). The van der Waals surface area contributed by atoms with Gasteiger partial charge in [0.15, 0.2) is 0 Å². The summed E-state index contributed by atoms with van der Waals surface area (Å²) in [4.78, 5) is 0. The Bertz CT molecular complexity index is 4110. The lowest BCUT2D eigenvalue weighted by Crippen LogP contribution is -2.01. The monoisotopic (exact) mass is 938 g/mol. The highest BCUT2D eigenvalue weighted by molar-refractivity contribution is 6.13. The summed E-state index contributed by atoms with van der Waals surface area (Å²) in [6.45, 7) is 0. The Kier molecular flexibility index (Phi) is 10.7. The van der Waals surface area contributed by atoms with E-state index in [1.165, 1.54) is 0 Å². The van der Waals surface area contributed by atoms with Crippen LogP contribution in [0.4, 0.5) is 0 Å². The van der Waals surface area contributed by atoms with Gasteiger partial charge >= 0.3 is 0 Å². The highest BCUT2D eigenvalue weighted by atomic mass is 15.0. The zero-order valence-corrected chi connectivity index (χ0v) is 39.2. The lowest BCUT2D eigenvalue weighted by molar-refractivity contribution is 1.16. The summed E-state index contributed by atoms with van der Waals surface area (Å²) in [6.07, 6.45) is 0. The molecule has 0 atom stereocenters. The molecule has 0 aliphatic heterocycles. The van der Waals surface area contributed by atoms with Gasteiger partial charge in [-0.2, -0.15) is 31.6 Å². The molecule has 0 aliphatic rings. The predicted octanol–water partition coefficient (Wildman–Crippen LogP) is 15.4. The first kappa shape index (κ1) is 44.0. The van der Waals surface area contributed by atoms with Gasteiger partial charge in [0.25, 0.3) is 0 Å². The van der Waals surface area contributed by atoms with Crippen molar-refractivity contribution in [2.75, 3.05) is 0 Å². The molecule has 0 fully saturated rings. The van der Waals surface area contributed by atoms with E-state index in [0.717, 1.165) is 99.2 Å². The molecule has 2 aromatic heterocycles. The fourth-order valence-electron chi connectivity index (χ4n) is 10.5. The maximum atomic E-state index is 10.9. The molecule has 8 nitrogen and oxygen atoms in total. The van der Waals surface area contributed by atoms with Crippen LogP contribution in [0.25, 0.3) is 111 Å². The number of nitriles is 6. The molecule has 74 heavy (non-hydrogen) atoms. The van der Waals surface area contributed by atoms with Crippen LogP contribution in [0.15, 0.2) is 206 Å². The summed E-state index contributed by atoms with van der Waals surface area (Å²) in [7, 11) is 0. The molecule has 0 amide bonds. The smallest absolute Gasteiger partial charge is 0.101 e. The molecule has 0 saturated carbocycles. The van der Waals surface area contributed by atoms with Crippen LogP contribution in [-0.2, 0) is 0 Å². The number of hydrogen-bond donors (Lipinski definition) is 0. The molecule has 0 saturated heterocycles. The van der Waals surface area contributed by atoms with E-state index in [9.17, 15) is 31.6 Å². The molecule has 0 spiro atoms. The van der Waals surface area contributed by atoms with Crippen molar-refractivity contribution in [1.82, 2.24) is 9.13 Å². The van der Waals surface area contributed by atoms with E-state index in [1.807, 2.05) is 133 Å². The standard InChI is InChI=1S/C66H34N8/c67-35-47-9-1-5-13-53(47)43-21-25-57-58-26-22-44(54-14-6-2-10-48(54)36-68)32-64(58)73(63(57)31-43)61-29-41(17-19-51(61)39-71)42-18-20-52(40-72)62(30-42)74-65-33-45(55-15-7-3-11-49(55)37-69)23-27-59(65)60-28-24-46(34-66(60)74)56-16-8-4-12-50(56)38-70/h1-34H. The van der Waals surface area contributed by atoms with E-state index in [0.29, 0.717) is 44.8 Å². The molecule has 12 aromatic rings. The lowest BCUT2D eigenvalue weighted by atomic mass is 9.98. The van der Waals surface area contributed by atoms with Crippen LogP contribution < -0.4 is 0 Å². The second kappa shape index (κ2) is 17.9. The molecule has 10 aromatic carbocycles. The van der Waals surface area contributed by atoms with Crippen LogP contribution in [0, 0.1) is 68.0 Å². The highest BCUT2D eigenvalue weighted by Gasteiger charge is 2.22. The van der Waals surface area contributed by atoms with Gasteiger partial charge in [-0.15, -0.1) is 0 Å². The van der Waals surface area contributed by atoms with Crippen molar-refractivity contribution in [2.24, 2.45) is 0 Å². The minimum Gasteiger partial charge on any atom is -0.308 e. The van der Waals surface area contributed by atoms with Crippen LogP contribution in [0.3, 0.4) is 0 Å². The van der Waals surface area contributed by atoms with Crippen molar-refractivity contribution in [3.8, 4) is 103 Å². The zero-order chi connectivity index (χ0) is 50.5. The molecule has 0 radical (unpaired) electrons. The van der Waals surface area contributed by atoms with Crippen molar-refractivity contribution >= 4 is 43.6 Å². The molecule has 338 valence electrons. The Morgan fingerprint density at radius 1 is 0.230 bits per heavy atom. The van der Waals surface area contributed by atoms with Gasteiger partial charge in [-0.1, -0.05) is 133 Å². The minimum atomic E-state index is 0.421. The number of aromatic nitrogens is 2. The lowest BCUT2D eigenvalue weighted by Gasteiger charge is -2.16. The quantitative estimate of drug-likeness (QED) is 0.155. The molecular formula is C66H34N8. The van der Waals surface area contributed by atoms with Crippen LogP contribution in [0.1, 0.15) is 33.4 Å². The van der Waals surface area contributed by atoms with Gasteiger partial charge in [0.1, 0.15) is 12.1 Å². The molecule has 0 bridgehead atoms. The first-order valence-corrected chi connectivity index (χ1v) is 23.7. The molecule has 0 N–H and O–H groups in total.